The molecular formula is C21H17F2N3O2S2. The van der Waals surface area contributed by atoms with E-state index >= 15 is 0 Å². The van der Waals surface area contributed by atoms with Crippen molar-refractivity contribution < 1.29 is 13.6 Å². The normalized spacial score (nSPS) is 15.1. The van der Waals surface area contributed by atoms with Gasteiger partial charge in [0.1, 0.15) is 11.6 Å². The number of amides is 1. The molecule has 0 radical (unpaired) electrons. The van der Waals surface area contributed by atoms with Crippen LogP contribution in [-0.2, 0) is 11.2 Å². The number of halogens is 2. The van der Waals surface area contributed by atoms with Crippen LogP contribution in [0.4, 0.5) is 14.5 Å². The summed E-state index contributed by atoms with van der Waals surface area (Å²) in [7, 11) is 0. The van der Waals surface area contributed by atoms with Crippen LogP contribution in [0, 0.1) is 11.6 Å². The van der Waals surface area contributed by atoms with Gasteiger partial charge in [-0.2, -0.15) is 0 Å². The molecule has 1 unspecified atom stereocenters. The van der Waals surface area contributed by atoms with E-state index in [1.807, 2.05) is 6.92 Å². The topological polar surface area (TPSA) is 64.0 Å². The van der Waals surface area contributed by atoms with E-state index < -0.39 is 5.82 Å². The average molecular weight is 446 g/mol. The molecule has 0 fully saturated rings. The number of thioether (sulfide) groups is 2. The summed E-state index contributed by atoms with van der Waals surface area (Å²) in [6, 6.07) is 11.0. The number of carbonyl (C=O) groups is 1. The van der Waals surface area contributed by atoms with Crippen molar-refractivity contribution in [3.8, 4) is 5.69 Å². The number of hydrogen-bond donors (Lipinski definition) is 1. The van der Waals surface area contributed by atoms with E-state index in [4.69, 9.17) is 0 Å². The van der Waals surface area contributed by atoms with Gasteiger partial charge in [0, 0.05) is 17.4 Å². The third-order valence-corrected chi connectivity index (χ3v) is 6.58. The fraction of sp³-hybridized carbons (Fsp3) is 0.190. The summed E-state index contributed by atoms with van der Waals surface area (Å²) in [6.07, 6.45) is 0.675. The summed E-state index contributed by atoms with van der Waals surface area (Å²) < 4.78 is 27.8. The summed E-state index contributed by atoms with van der Waals surface area (Å²) >= 11 is 2.60. The highest BCUT2D eigenvalue weighted by Crippen LogP contribution is 2.34. The van der Waals surface area contributed by atoms with E-state index in [2.05, 4.69) is 10.3 Å². The molecule has 0 spiro atoms. The van der Waals surface area contributed by atoms with Gasteiger partial charge in [-0.1, -0.05) is 18.7 Å². The molecule has 154 valence electrons. The van der Waals surface area contributed by atoms with E-state index in [1.165, 1.54) is 64.9 Å². The molecule has 1 amide bonds. The summed E-state index contributed by atoms with van der Waals surface area (Å²) in [5.74, 6) is -1.10. The minimum absolute atomic E-state index is 0.00644. The van der Waals surface area contributed by atoms with E-state index in [0.29, 0.717) is 27.8 Å². The first kappa shape index (κ1) is 20.6. The predicted molar refractivity (Wildman–Crippen MR) is 115 cm³/mol. The average Bonchev–Trinajstić information content (AvgIpc) is 3.10. The number of nitrogens with zero attached hydrogens (tertiary/aromatic N) is 2. The molecule has 1 N–H and O–H groups in total. The van der Waals surface area contributed by atoms with Crippen molar-refractivity contribution in [3.05, 3.63) is 76.2 Å². The van der Waals surface area contributed by atoms with Gasteiger partial charge in [0.05, 0.1) is 22.0 Å². The highest BCUT2D eigenvalue weighted by molar-refractivity contribution is 8.00. The Morgan fingerprint density at radius 2 is 1.80 bits per heavy atom. The molecule has 5 nitrogen and oxygen atoms in total. The van der Waals surface area contributed by atoms with Crippen LogP contribution in [0.25, 0.3) is 5.69 Å². The minimum Gasteiger partial charge on any atom is -0.325 e. The summed E-state index contributed by atoms with van der Waals surface area (Å²) in [4.78, 5) is 30.7. The van der Waals surface area contributed by atoms with Gasteiger partial charge in [0.15, 0.2) is 5.16 Å². The molecule has 0 bridgehead atoms. The number of fused-ring (bicyclic) bond motifs is 1. The van der Waals surface area contributed by atoms with Crippen molar-refractivity contribution in [2.24, 2.45) is 0 Å². The molecule has 1 aromatic heterocycles. The maximum Gasteiger partial charge on any atom is 0.272 e. The lowest BCUT2D eigenvalue weighted by molar-refractivity contribution is -0.113. The maximum atomic E-state index is 13.4. The molecule has 1 aliphatic heterocycles. The monoisotopic (exact) mass is 445 g/mol. The van der Waals surface area contributed by atoms with Crippen LogP contribution >= 0.6 is 23.5 Å². The van der Waals surface area contributed by atoms with Gasteiger partial charge in [0.2, 0.25) is 5.91 Å². The Kier molecular flexibility index (Phi) is 5.92. The molecule has 9 heteroatoms. The van der Waals surface area contributed by atoms with Gasteiger partial charge in [-0.3, -0.25) is 14.2 Å². The highest BCUT2D eigenvalue weighted by atomic mass is 32.2. The predicted octanol–water partition coefficient (Wildman–Crippen LogP) is 4.28. The fourth-order valence-electron chi connectivity index (χ4n) is 3.08. The Balaban J connectivity index is 1.61. The van der Waals surface area contributed by atoms with Crippen LogP contribution in [0.2, 0.25) is 0 Å². The van der Waals surface area contributed by atoms with Crippen molar-refractivity contribution in [2.45, 2.75) is 28.6 Å². The first-order chi connectivity index (χ1) is 14.4. The van der Waals surface area contributed by atoms with Crippen molar-refractivity contribution in [1.82, 2.24) is 9.55 Å². The largest absolute Gasteiger partial charge is 0.325 e. The molecule has 1 atom stereocenters. The standard InChI is InChI=1S/C21H17F2N3O2S2/c1-12-10-17-19(30-12)20(28)26(16-8-4-14(23)5-9-16)21(25-17)29-11-18(27)24-15-6-2-13(22)3-7-15/h2-9,12H,10-11H2,1H3,(H,24,27). The SMILES string of the molecule is CC1Cc2nc(SCC(=O)Nc3ccc(F)cc3)n(-c3ccc(F)cc3)c(=O)c2S1. The molecule has 3 aromatic rings. The van der Waals surface area contributed by atoms with Crippen molar-refractivity contribution >= 4 is 35.1 Å². The van der Waals surface area contributed by atoms with Crippen LogP contribution in [0.5, 0.6) is 0 Å². The number of benzene rings is 2. The molecule has 4 rings (SSSR count). The third kappa shape index (κ3) is 4.41. The summed E-state index contributed by atoms with van der Waals surface area (Å²) in [6.45, 7) is 2.02. The first-order valence-electron chi connectivity index (χ1n) is 9.17. The van der Waals surface area contributed by atoms with Gasteiger partial charge < -0.3 is 5.32 Å². The second kappa shape index (κ2) is 8.61. The lowest BCUT2D eigenvalue weighted by Crippen LogP contribution is -2.24. The van der Waals surface area contributed by atoms with Crippen LogP contribution in [0.15, 0.2) is 63.4 Å². The van der Waals surface area contributed by atoms with E-state index in [0.717, 1.165) is 17.5 Å². The van der Waals surface area contributed by atoms with Gasteiger partial charge in [0.25, 0.3) is 5.56 Å². The fourth-order valence-corrected chi connectivity index (χ4v) is 5.00. The number of anilines is 1. The Morgan fingerprint density at radius 3 is 2.47 bits per heavy atom. The van der Waals surface area contributed by atoms with Crippen LogP contribution in [0.3, 0.4) is 0 Å². The molecular weight excluding hydrogens is 428 g/mol. The van der Waals surface area contributed by atoms with Gasteiger partial charge in [-0.15, -0.1) is 11.8 Å². The van der Waals surface area contributed by atoms with Gasteiger partial charge >= 0.3 is 0 Å². The van der Waals surface area contributed by atoms with Gasteiger partial charge in [-0.25, -0.2) is 13.8 Å². The lowest BCUT2D eigenvalue weighted by Gasteiger charge is -2.13. The van der Waals surface area contributed by atoms with Crippen LogP contribution < -0.4 is 10.9 Å². The van der Waals surface area contributed by atoms with E-state index in [9.17, 15) is 18.4 Å². The smallest absolute Gasteiger partial charge is 0.272 e. The molecule has 0 saturated heterocycles. The Morgan fingerprint density at radius 1 is 1.17 bits per heavy atom. The van der Waals surface area contributed by atoms with Crippen molar-refractivity contribution in [3.63, 3.8) is 0 Å². The lowest BCUT2D eigenvalue weighted by atomic mass is 10.2. The maximum absolute atomic E-state index is 13.4. The number of aromatic nitrogens is 2. The molecule has 0 aliphatic carbocycles. The zero-order chi connectivity index (χ0) is 21.3. The number of rotatable bonds is 5. The second-order valence-corrected chi connectivity index (χ2v) is 9.15. The number of nitrogens with one attached hydrogen (secondary N) is 1. The third-order valence-electron chi connectivity index (χ3n) is 4.43. The molecule has 2 heterocycles. The van der Waals surface area contributed by atoms with Crippen molar-refractivity contribution in [1.29, 1.82) is 0 Å². The Bertz CT molecular complexity index is 1150. The molecule has 1 aliphatic rings. The zero-order valence-corrected chi connectivity index (χ0v) is 17.5. The highest BCUT2D eigenvalue weighted by Gasteiger charge is 2.27. The van der Waals surface area contributed by atoms with Crippen LogP contribution in [0.1, 0.15) is 12.6 Å². The molecule has 30 heavy (non-hydrogen) atoms. The minimum atomic E-state index is -0.406. The van der Waals surface area contributed by atoms with Crippen LogP contribution in [-0.4, -0.2) is 26.5 Å². The molecule has 0 saturated carbocycles. The second-order valence-electron chi connectivity index (χ2n) is 6.76. The number of carbonyl (C=O) groups excluding carboxylic acids is 1. The van der Waals surface area contributed by atoms with Gasteiger partial charge in [-0.05, 0) is 48.5 Å². The van der Waals surface area contributed by atoms with E-state index in [1.54, 1.807) is 0 Å². The quantitative estimate of drug-likeness (QED) is 0.469. The zero-order valence-electron chi connectivity index (χ0n) is 15.9. The first-order valence-corrected chi connectivity index (χ1v) is 11.0. The summed E-state index contributed by atoms with van der Waals surface area (Å²) in [5, 5.41) is 3.29. The Hall–Kier alpha value is -2.65. The van der Waals surface area contributed by atoms with E-state index in [-0.39, 0.29) is 28.3 Å². The summed E-state index contributed by atoms with van der Waals surface area (Å²) in [5.41, 5.74) is 1.46. The van der Waals surface area contributed by atoms with Crippen molar-refractivity contribution in [2.75, 3.05) is 11.1 Å². The Labute approximate surface area is 179 Å². The molecule has 2 aromatic carbocycles. The number of hydrogen-bond acceptors (Lipinski definition) is 5.